The first-order chi connectivity index (χ1) is 14.5. The molecule has 31 heavy (non-hydrogen) atoms. The number of carboxylic acids is 1. The Morgan fingerprint density at radius 1 is 1.00 bits per heavy atom. The summed E-state index contributed by atoms with van der Waals surface area (Å²) < 4.78 is 8.55. The van der Waals surface area contributed by atoms with Gasteiger partial charge in [0.1, 0.15) is 0 Å². The van der Waals surface area contributed by atoms with E-state index in [4.69, 9.17) is 10.4 Å². The topological polar surface area (TPSA) is 118 Å². The monoisotopic (exact) mass is 435 g/mol. The second kappa shape index (κ2) is 33.7. The number of hydrogen-bond acceptors (Lipinski definition) is 6. The van der Waals surface area contributed by atoms with Gasteiger partial charge in [-0.3, -0.25) is 0 Å². The summed E-state index contributed by atoms with van der Waals surface area (Å²) in [5.74, 6) is -1.68. The summed E-state index contributed by atoms with van der Waals surface area (Å²) >= 11 is 0. The van der Waals surface area contributed by atoms with E-state index in [0.717, 1.165) is 19.0 Å². The highest BCUT2D eigenvalue weighted by Crippen LogP contribution is 1.87. The van der Waals surface area contributed by atoms with E-state index in [1.165, 1.54) is 26.7 Å². The summed E-state index contributed by atoms with van der Waals surface area (Å²) in [6.07, 6.45) is 5.94. The maximum absolute atomic E-state index is 10.2. The fourth-order valence-corrected chi connectivity index (χ4v) is 0.715. The van der Waals surface area contributed by atoms with Crippen LogP contribution in [0, 0.1) is 17.4 Å². The van der Waals surface area contributed by atoms with Gasteiger partial charge in [-0.05, 0) is 20.3 Å². The number of unbranched alkanes of at least 4 members (excludes halogenated alkanes) is 1. The molecule has 0 saturated carbocycles. The molecular weight excluding hydrogens is 400 g/mol. The molecule has 8 nitrogen and oxygen atoms in total. The van der Waals surface area contributed by atoms with Crippen LogP contribution in [0.3, 0.4) is 0 Å². The molecule has 8 heteroatoms. The minimum atomic E-state index is -0.981. The number of hydrogen-bond donors (Lipinski definition) is 1. The molecule has 0 heterocycles. The van der Waals surface area contributed by atoms with Gasteiger partial charge in [-0.1, -0.05) is 44.7 Å². The molecule has 1 N–H and O–H groups in total. The number of carboxylic acid groups (broad SMARTS) is 1. The maximum atomic E-state index is 10.2. The number of rotatable bonds is 5. The van der Waals surface area contributed by atoms with Crippen molar-refractivity contribution in [2.24, 2.45) is 0 Å². The molecule has 0 aliphatic rings. The summed E-state index contributed by atoms with van der Waals surface area (Å²) in [6, 6.07) is 4.37. The molecule has 0 unspecified atom stereocenters. The Labute approximate surface area is 186 Å². The molecule has 0 fully saturated rings. The van der Waals surface area contributed by atoms with Crippen molar-refractivity contribution in [3.05, 3.63) is 67.1 Å². The lowest BCUT2D eigenvalue weighted by atomic mass is 10.3. The summed E-state index contributed by atoms with van der Waals surface area (Å²) in [6.45, 7) is 22.5. The van der Waals surface area contributed by atoms with Crippen LogP contribution in [0.15, 0.2) is 62.3 Å². The fourth-order valence-electron chi connectivity index (χ4n) is 0.715. The molecule has 0 aliphatic carbocycles. The van der Waals surface area contributed by atoms with Gasteiger partial charge >= 0.3 is 24.0 Å². The molecule has 0 radical (unpaired) electrons. The van der Waals surface area contributed by atoms with Gasteiger partial charge in [-0.2, -0.15) is 5.26 Å². The zero-order valence-electron chi connectivity index (χ0n) is 19.3. The van der Waals surface area contributed by atoms with E-state index in [1.54, 1.807) is 26.0 Å². The summed E-state index contributed by atoms with van der Waals surface area (Å²) in [5.41, 5.74) is 0.866. The Morgan fingerprint density at radius 2 is 1.35 bits per heavy atom. The zero-order valence-corrected chi connectivity index (χ0v) is 19.3. The molecular formula is C23H35N2O6+. The fraction of sp³-hybridized carbons (Fsp3) is 0.348. The molecule has 0 bridgehead atoms. The van der Waals surface area contributed by atoms with Gasteiger partial charge in [-0.15, -0.1) is 0 Å². The number of allylic oxidation sites excluding steroid dienone is 2. The first kappa shape index (κ1) is 37.8. The highest BCUT2D eigenvalue weighted by Gasteiger charge is 1.96. The quantitative estimate of drug-likeness (QED) is 0.287. The number of esters is 2. The third kappa shape index (κ3) is 58.5. The highest BCUT2D eigenvalue weighted by atomic mass is 16.5. The largest absolute Gasteiger partial charge is 0.478 e. The molecule has 0 aliphatic heterocycles. The number of nitriles is 1. The lowest BCUT2D eigenvalue weighted by Gasteiger charge is -1.91. The standard InChI is InChI=1S/C7H12N.2C5H8O2.C3H3N.C3H4O2/c1-3-5-7-8-6-4-2;2*1-4(2)5(6)7-3;1-2-3-4;1-2-3(4)5/h4H,2-3,5,7H2,1H3;2*1H2,2-3H3;2H,1H2;2H,1H2,(H,4,5)/q+1;;;;. The number of carbonyl (C=O) groups is 3. The van der Waals surface area contributed by atoms with Crippen LogP contribution < -0.4 is 0 Å². The van der Waals surface area contributed by atoms with Crippen molar-refractivity contribution in [3.8, 4) is 12.1 Å². The molecule has 0 saturated heterocycles. The average Bonchev–Trinajstić information content (AvgIpc) is 2.76. The second-order valence-corrected chi connectivity index (χ2v) is 4.99. The van der Waals surface area contributed by atoms with E-state index >= 15 is 0 Å². The van der Waals surface area contributed by atoms with Crippen molar-refractivity contribution >= 4 is 17.9 Å². The highest BCUT2D eigenvalue weighted by molar-refractivity contribution is 5.87. The minimum Gasteiger partial charge on any atom is -0.478 e. The SMILES string of the molecule is C=C(C)C(=O)OC.C=C(C)C(=O)OC.C=CC#N.C=CC#[N+]CCCC.C=CC(=O)O. The van der Waals surface area contributed by atoms with Crippen LogP contribution in [0.2, 0.25) is 0 Å². The van der Waals surface area contributed by atoms with Crippen LogP contribution >= 0.6 is 0 Å². The van der Waals surface area contributed by atoms with Crippen LogP contribution in [0.4, 0.5) is 0 Å². The van der Waals surface area contributed by atoms with E-state index in [0.29, 0.717) is 11.1 Å². The minimum absolute atomic E-state index is 0.347. The van der Waals surface area contributed by atoms with Gasteiger partial charge in [0.05, 0.1) is 26.4 Å². The summed E-state index contributed by atoms with van der Waals surface area (Å²) in [5, 5.41) is 15.1. The Balaban J connectivity index is -0.0000000927. The van der Waals surface area contributed by atoms with Crippen LogP contribution in [-0.4, -0.2) is 43.8 Å². The smallest absolute Gasteiger partial charge is 0.332 e. The van der Waals surface area contributed by atoms with Gasteiger partial charge in [0.25, 0.3) is 6.54 Å². The van der Waals surface area contributed by atoms with Gasteiger partial charge < -0.3 is 14.6 Å². The number of carbonyl (C=O) groups excluding carboxylic acids is 2. The Bertz CT molecular complexity index is 650. The molecule has 0 amide bonds. The van der Waals surface area contributed by atoms with Gasteiger partial charge in [-0.25, -0.2) is 14.4 Å². The van der Waals surface area contributed by atoms with Crippen LogP contribution in [-0.2, 0) is 23.9 Å². The van der Waals surface area contributed by atoms with E-state index in [-0.39, 0.29) is 11.9 Å². The van der Waals surface area contributed by atoms with E-state index in [1.807, 2.05) is 0 Å². The number of nitrogens with zero attached hydrogens (tertiary/aromatic N) is 2. The lowest BCUT2D eigenvalue weighted by Crippen LogP contribution is -1.98. The van der Waals surface area contributed by atoms with Crippen molar-refractivity contribution in [1.29, 1.82) is 5.26 Å². The predicted molar refractivity (Wildman–Crippen MR) is 125 cm³/mol. The number of methoxy groups -OCH3 is 2. The van der Waals surface area contributed by atoms with Crippen molar-refractivity contribution in [3.63, 3.8) is 0 Å². The first-order valence-electron chi connectivity index (χ1n) is 8.83. The van der Waals surface area contributed by atoms with E-state index in [2.05, 4.69) is 60.2 Å². The molecule has 172 valence electrons. The van der Waals surface area contributed by atoms with Crippen LogP contribution in [0.5, 0.6) is 0 Å². The van der Waals surface area contributed by atoms with Crippen molar-refractivity contribution in [1.82, 2.24) is 0 Å². The zero-order chi connectivity index (χ0) is 25.7. The third-order valence-corrected chi connectivity index (χ3v) is 2.14. The second-order valence-electron chi connectivity index (χ2n) is 4.99. The number of ether oxygens (including phenoxy) is 2. The molecule has 0 rings (SSSR count). The van der Waals surface area contributed by atoms with Gasteiger partial charge in [0, 0.05) is 29.7 Å². The van der Waals surface area contributed by atoms with E-state index < -0.39 is 5.97 Å². The molecule has 0 aromatic rings. The Morgan fingerprint density at radius 3 is 1.48 bits per heavy atom. The normalized spacial score (nSPS) is 6.84. The van der Waals surface area contributed by atoms with Crippen LogP contribution in [0.1, 0.15) is 33.6 Å². The third-order valence-electron chi connectivity index (χ3n) is 2.14. The first-order valence-corrected chi connectivity index (χ1v) is 8.83. The van der Waals surface area contributed by atoms with Crippen LogP contribution in [0.25, 0.3) is 4.85 Å². The van der Waals surface area contributed by atoms with Gasteiger partial charge in [0.2, 0.25) is 0 Å². The molecule has 0 atom stereocenters. The molecule has 0 spiro atoms. The summed E-state index contributed by atoms with van der Waals surface area (Å²) in [4.78, 5) is 33.5. The van der Waals surface area contributed by atoms with Crippen molar-refractivity contribution in [2.45, 2.75) is 33.6 Å². The van der Waals surface area contributed by atoms with E-state index in [9.17, 15) is 14.4 Å². The lowest BCUT2D eigenvalue weighted by molar-refractivity contribution is -0.136. The van der Waals surface area contributed by atoms with Crippen molar-refractivity contribution < 1.29 is 29.0 Å². The Hall–Kier alpha value is -3.91. The average molecular weight is 436 g/mol. The maximum Gasteiger partial charge on any atom is 0.332 e. The summed E-state index contributed by atoms with van der Waals surface area (Å²) in [7, 11) is 2.66. The number of aliphatic carboxylic acids is 1. The Kier molecular flexibility index (Phi) is 41.0. The molecule has 0 aromatic carbocycles. The molecule has 0 aromatic heterocycles. The predicted octanol–water partition coefficient (Wildman–Crippen LogP) is 4.73. The van der Waals surface area contributed by atoms with Crippen molar-refractivity contribution in [2.75, 3.05) is 20.8 Å². The van der Waals surface area contributed by atoms with Gasteiger partial charge in [0.15, 0.2) is 0 Å².